The molecule has 0 aliphatic heterocycles. The molecule has 1 aliphatic rings. The van der Waals surface area contributed by atoms with Gasteiger partial charge in [-0.05, 0) is 36.5 Å². The zero-order valence-electron chi connectivity index (χ0n) is 21.7. The molecule has 2 aromatic carbocycles. The highest BCUT2D eigenvalue weighted by molar-refractivity contribution is 7.81. The minimum Gasteiger partial charge on any atom is -0.496 e. The molecule has 3 rings (SSSR count). The highest BCUT2D eigenvalue weighted by Crippen LogP contribution is 2.37. The smallest absolute Gasteiger partial charge is 0.326 e. The Morgan fingerprint density at radius 3 is 2.22 bits per heavy atom. The molecule has 1 fully saturated rings. The normalized spacial score (nSPS) is 16.1. The van der Waals surface area contributed by atoms with Crippen LogP contribution in [-0.2, 0) is 20.8 Å². The number of carbonyl (C=O) groups is 3. The number of carboxylic acid groups (broad SMARTS) is 1. The van der Waals surface area contributed by atoms with Gasteiger partial charge in [-0.3, -0.25) is 9.59 Å². The summed E-state index contributed by atoms with van der Waals surface area (Å²) in [5.74, 6) is -0.716. The average Bonchev–Trinajstić information content (AvgIpc) is 3.37. The van der Waals surface area contributed by atoms with Crippen LogP contribution in [0.2, 0.25) is 0 Å². The third-order valence-corrected chi connectivity index (χ3v) is 7.69. The predicted molar refractivity (Wildman–Crippen MR) is 145 cm³/mol. The molecule has 37 heavy (non-hydrogen) atoms. The van der Waals surface area contributed by atoms with Crippen LogP contribution in [0.15, 0.2) is 42.5 Å². The number of rotatable bonds is 11. The van der Waals surface area contributed by atoms with Gasteiger partial charge in [0, 0.05) is 17.5 Å². The molecule has 0 unspecified atom stereocenters. The lowest BCUT2D eigenvalue weighted by Crippen LogP contribution is -2.61. The van der Waals surface area contributed by atoms with Crippen molar-refractivity contribution in [3.8, 4) is 22.6 Å². The van der Waals surface area contributed by atoms with Gasteiger partial charge in [0.1, 0.15) is 23.1 Å². The van der Waals surface area contributed by atoms with E-state index >= 15 is 0 Å². The first-order valence-corrected chi connectivity index (χ1v) is 13.0. The van der Waals surface area contributed by atoms with Gasteiger partial charge in [0.2, 0.25) is 11.8 Å². The summed E-state index contributed by atoms with van der Waals surface area (Å²) in [5, 5.41) is 14.9. The lowest BCUT2D eigenvalue weighted by atomic mass is 9.93. The van der Waals surface area contributed by atoms with E-state index in [1.807, 2.05) is 50.2 Å². The number of amides is 2. The second-order valence-electron chi connectivity index (χ2n) is 9.77. The Hall–Kier alpha value is -3.20. The van der Waals surface area contributed by atoms with Crippen LogP contribution in [0, 0.1) is 5.92 Å². The fourth-order valence-electron chi connectivity index (χ4n) is 4.68. The molecule has 0 saturated heterocycles. The van der Waals surface area contributed by atoms with Crippen LogP contribution >= 0.6 is 12.6 Å². The summed E-state index contributed by atoms with van der Waals surface area (Å²) < 4.78 is 11.1. The number of thiol groups is 1. The Morgan fingerprint density at radius 2 is 1.62 bits per heavy atom. The van der Waals surface area contributed by atoms with E-state index in [4.69, 9.17) is 9.47 Å². The van der Waals surface area contributed by atoms with Crippen molar-refractivity contribution in [2.45, 2.75) is 62.8 Å². The molecule has 9 heteroatoms. The van der Waals surface area contributed by atoms with E-state index in [0.717, 1.165) is 24.0 Å². The standard InChI is InChI=1S/C28H36N2O6S/c1-17(2)24(37)25(31)30-28(13-7-8-14-28)27(34)29-21(26(32)33)15-18-11-12-20(23(16-18)36-4)19-9-5-6-10-22(19)35-3/h5-6,9-12,16-17,21,24,37H,7-8,13-15H2,1-4H3,(H,29,34)(H,30,31)(H,32,33)/t21-,24-/m0/s1. The number of methoxy groups -OCH3 is 2. The van der Waals surface area contributed by atoms with Crippen LogP contribution in [0.3, 0.4) is 0 Å². The third-order valence-electron chi connectivity index (χ3n) is 6.86. The average molecular weight is 529 g/mol. The SMILES string of the molecule is COc1ccccc1-c1ccc(C[C@H](NC(=O)C2(NC(=O)[C@@H](S)C(C)C)CCCC2)C(=O)O)cc1OC. The lowest BCUT2D eigenvalue weighted by molar-refractivity contribution is -0.143. The molecule has 3 N–H and O–H groups in total. The Labute approximate surface area is 223 Å². The summed E-state index contributed by atoms with van der Waals surface area (Å²) in [6.45, 7) is 3.76. The maximum absolute atomic E-state index is 13.4. The zero-order chi connectivity index (χ0) is 27.2. The molecule has 2 atom stereocenters. The van der Waals surface area contributed by atoms with Crippen molar-refractivity contribution in [3.63, 3.8) is 0 Å². The van der Waals surface area contributed by atoms with E-state index in [9.17, 15) is 19.5 Å². The topological polar surface area (TPSA) is 114 Å². The van der Waals surface area contributed by atoms with Gasteiger partial charge in [0.25, 0.3) is 0 Å². The number of aliphatic carboxylic acids is 1. The van der Waals surface area contributed by atoms with Crippen LogP contribution in [0.5, 0.6) is 11.5 Å². The second kappa shape index (κ2) is 12.4. The van der Waals surface area contributed by atoms with Gasteiger partial charge in [0.05, 0.1) is 19.5 Å². The largest absolute Gasteiger partial charge is 0.496 e. The first-order valence-electron chi connectivity index (χ1n) is 12.5. The van der Waals surface area contributed by atoms with Crippen LogP contribution < -0.4 is 20.1 Å². The zero-order valence-corrected chi connectivity index (χ0v) is 22.6. The summed E-state index contributed by atoms with van der Waals surface area (Å²) in [6, 6.07) is 11.8. The lowest BCUT2D eigenvalue weighted by Gasteiger charge is -2.32. The quantitative estimate of drug-likeness (QED) is 0.329. The fraction of sp³-hybridized carbons (Fsp3) is 0.464. The molecule has 0 aromatic heterocycles. The van der Waals surface area contributed by atoms with E-state index in [2.05, 4.69) is 23.3 Å². The molecular weight excluding hydrogens is 492 g/mol. The van der Waals surface area contributed by atoms with Gasteiger partial charge < -0.3 is 25.2 Å². The summed E-state index contributed by atoms with van der Waals surface area (Å²) in [6.07, 6.45) is 2.50. The van der Waals surface area contributed by atoms with Gasteiger partial charge >= 0.3 is 5.97 Å². The van der Waals surface area contributed by atoms with Crippen molar-refractivity contribution in [3.05, 3.63) is 48.0 Å². The summed E-state index contributed by atoms with van der Waals surface area (Å²) >= 11 is 4.38. The van der Waals surface area contributed by atoms with Crippen molar-refractivity contribution in [1.82, 2.24) is 10.6 Å². The monoisotopic (exact) mass is 528 g/mol. The van der Waals surface area contributed by atoms with Crippen molar-refractivity contribution < 1.29 is 29.0 Å². The Bertz CT molecular complexity index is 1130. The molecule has 0 spiro atoms. The number of para-hydroxylation sites is 1. The first-order chi connectivity index (χ1) is 17.6. The fourth-order valence-corrected chi connectivity index (χ4v) is 4.75. The van der Waals surface area contributed by atoms with Crippen molar-refractivity contribution in [2.75, 3.05) is 14.2 Å². The van der Waals surface area contributed by atoms with Crippen LogP contribution in [0.25, 0.3) is 11.1 Å². The summed E-state index contributed by atoms with van der Waals surface area (Å²) in [5.41, 5.74) is 1.20. The molecule has 200 valence electrons. The molecule has 0 bridgehead atoms. The molecule has 2 amide bonds. The van der Waals surface area contributed by atoms with E-state index in [1.165, 1.54) is 0 Å². The predicted octanol–water partition coefficient (Wildman–Crippen LogP) is 3.87. The van der Waals surface area contributed by atoms with E-state index in [0.29, 0.717) is 29.9 Å². The number of ether oxygens (including phenoxy) is 2. The van der Waals surface area contributed by atoms with Crippen LogP contribution in [0.1, 0.15) is 45.1 Å². The van der Waals surface area contributed by atoms with Crippen molar-refractivity contribution in [2.24, 2.45) is 5.92 Å². The second-order valence-corrected chi connectivity index (χ2v) is 10.3. The molecule has 2 aromatic rings. The number of carbonyl (C=O) groups excluding carboxylic acids is 2. The Kier molecular flexibility index (Phi) is 9.48. The first kappa shape index (κ1) is 28.4. The number of nitrogens with one attached hydrogen (secondary N) is 2. The van der Waals surface area contributed by atoms with Gasteiger partial charge in [-0.25, -0.2) is 4.79 Å². The van der Waals surface area contributed by atoms with Crippen molar-refractivity contribution in [1.29, 1.82) is 0 Å². The molecule has 0 radical (unpaired) electrons. The maximum atomic E-state index is 13.4. The minimum atomic E-state index is -1.18. The highest BCUT2D eigenvalue weighted by Gasteiger charge is 2.44. The van der Waals surface area contributed by atoms with E-state index < -0.39 is 28.7 Å². The number of hydrogen-bond donors (Lipinski definition) is 4. The van der Waals surface area contributed by atoms with Gasteiger partial charge in [-0.15, -0.1) is 0 Å². The highest BCUT2D eigenvalue weighted by atomic mass is 32.1. The summed E-state index contributed by atoms with van der Waals surface area (Å²) in [7, 11) is 3.14. The molecule has 1 saturated carbocycles. The Morgan fingerprint density at radius 1 is 1.00 bits per heavy atom. The van der Waals surface area contributed by atoms with Crippen molar-refractivity contribution >= 4 is 30.4 Å². The number of carboxylic acids is 1. The minimum absolute atomic E-state index is 0.00887. The summed E-state index contributed by atoms with van der Waals surface area (Å²) in [4.78, 5) is 38.2. The molecule has 8 nitrogen and oxygen atoms in total. The van der Waals surface area contributed by atoms with E-state index in [-0.39, 0.29) is 18.2 Å². The van der Waals surface area contributed by atoms with Gasteiger partial charge in [0.15, 0.2) is 0 Å². The third kappa shape index (κ3) is 6.57. The van der Waals surface area contributed by atoms with Gasteiger partial charge in [-0.1, -0.05) is 57.0 Å². The van der Waals surface area contributed by atoms with E-state index in [1.54, 1.807) is 20.3 Å². The Balaban J connectivity index is 1.81. The molecule has 1 aliphatic carbocycles. The molecule has 0 heterocycles. The van der Waals surface area contributed by atoms with Crippen LogP contribution in [-0.4, -0.2) is 53.9 Å². The molecular formula is C28H36N2O6S. The van der Waals surface area contributed by atoms with Crippen LogP contribution in [0.4, 0.5) is 0 Å². The number of benzene rings is 2. The van der Waals surface area contributed by atoms with Gasteiger partial charge in [-0.2, -0.15) is 12.6 Å². The maximum Gasteiger partial charge on any atom is 0.326 e. The number of hydrogen-bond acceptors (Lipinski definition) is 6.